The summed E-state index contributed by atoms with van der Waals surface area (Å²) in [5.41, 5.74) is 2.22. The molecule has 1 amide bonds. The molecule has 8 heteroatoms. The largest absolute Gasteiger partial charge is 0.497 e. The van der Waals surface area contributed by atoms with Gasteiger partial charge in [-0.2, -0.15) is 0 Å². The number of hydrogen-bond acceptors (Lipinski definition) is 5. The van der Waals surface area contributed by atoms with Crippen LogP contribution < -0.4 is 14.4 Å². The summed E-state index contributed by atoms with van der Waals surface area (Å²) in [6, 6.07) is 21.3. The van der Waals surface area contributed by atoms with E-state index in [0.29, 0.717) is 35.0 Å². The number of sulfonamides is 1. The summed E-state index contributed by atoms with van der Waals surface area (Å²) in [6.45, 7) is 4.23. The summed E-state index contributed by atoms with van der Waals surface area (Å²) < 4.78 is 34.3. The second kappa shape index (κ2) is 9.87. The first-order chi connectivity index (χ1) is 16.3. The average Bonchev–Trinajstić information content (AvgIpc) is 3.26. The molecule has 0 aliphatic carbocycles. The summed E-state index contributed by atoms with van der Waals surface area (Å²) in [4.78, 5) is 13.6. The van der Waals surface area contributed by atoms with Crippen LogP contribution in [0, 0.1) is 6.92 Å². The Labute approximate surface area is 203 Å². The summed E-state index contributed by atoms with van der Waals surface area (Å²) >= 11 is 1.36. The third-order valence-electron chi connectivity index (χ3n) is 5.37. The van der Waals surface area contributed by atoms with Gasteiger partial charge in [0.2, 0.25) is 0 Å². The highest BCUT2D eigenvalue weighted by atomic mass is 32.2. The van der Waals surface area contributed by atoms with Crippen molar-refractivity contribution in [3.05, 3.63) is 83.2 Å². The van der Waals surface area contributed by atoms with E-state index in [-0.39, 0.29) is 10.8 Å². The molecule has 34 heavy (non-hydrogen) atoms. The lowest BCUT2D eigenvalue weighted by molar-refractivity contribution is 0.103. The standard InChI is InChI=1S/C26H26N2O4S2/c1-4-14-28(34(30,31)23-11-8-18(2)9-12-23)21-10-13-24-19(15-21)16-25(33-24)26(29)27-20-6-5-7-22(17-20)32-3/h5-13,15-17H,4,14H2,1-3H3,(H,27,29). The SMILES string of the molecule is CCCN(c1ccc2sc(C(=O)Nc3cccc(OC)c3)cc2c1)S(=O)(=O)c1ccc(C)cc1. The third kappa shape index (κ3) is 4.93. The first-order valence-corrected chi connectivity index (χ1v) is 13.2. The van der Waals surface area contributed by atoms with Crippen molar-refractivity contribution in [1.82, 2.24) is 0 Å². The Morgan fingerprint density at radius 2 is 1.79 bits per heavy atom. The van der Waals surface area contributed by atoms with Gasteiger partial charge in [-0.15, -0.1) is 11.3 Å². The van der Waals surface area contributed by atoms with E-state index in [1.807, 2.05) is 38.1 Å². The second-order valence-corrected chi connectivity index (χ2v) is 10.9. The fourth-order valence-corrected chi connectivity index (χ4v) is 6.11. The van der Waals surface area contributed by atoms with E-state index < -0.39 is 10.0 Å². The Hall–Kier alpha value is -3.36. The smallest absolute Gasteiger partial charge is 0.265 e. The van der Waals surface area contributed by atoms with Gasteiger partial charge in [0.25, 0.3) is 15.9 Å². The second-order valence-electron chi connectivity index (χ2n) is 7.91. The van der Waals surface area contributed by atoms with Crippen LogP contribution in [0.5, 0.6) is 5.75 Å². The highest BCUT2D eigenvalue weighted by Gasteiger charge is 2.25. The molecular formula is C26H26N2O4S2. The number of thiophene rings is 1. The first-order valence-electron chi connectivity index (χ1n) is 10.9. The number of hydrogen-bond donors (Lipinski definition) is 1. The quantitative estimate of drug-likeness (QED) is 0.322. The molecule has 4 aromatic rings. The van der Waals surface area contributed by atoms with Crippen molar-refractivity contribution in [1.29, 1.82) is 0 Å². The predicted octanol–water partition coefficient (Wildman–Crippen LogP) is 6.08. The minimum absolute atomic E-state index is 0.228. The minimum atomic E-state index is -3.71. The van der Waals surface area contributed by atoms with Crippen LogP contribution in [-0.2, 0) is 10.0 Å². The van der Waals surface area contributed by atoms with Gasteiger partial charge in [0.05, 0.1) is 22.6 Å². The van der Waals surface area contributed by atoms with Gasteiger partial charge >= 0.3 is 0 Å². The lowest BCUT2D eigenvalue weighted by Gasteiger charge is -2.24. The Kier molecular flexibility index (Phi) is 6.90. The van der Waals surface area contributed by atoms with Crippen molar-refractivity contribution >= 4 is 48.7 Å². The van der Waals surface area contributed by atoms with Crippen molar-refractivity contribution < 1.29 is 17.9 Å². The number of benzene rings is 3. The van der Waals surface area contributed by atoms with Crippen molar-refractivity contribution in [3.63, 3.8) is 0 Å². The predicted molar refractivity (Wildman–Crippen MR) is 139 cm³/mol. The zero-order chi connectivity index (χ0) is 24.3. The number of methoxy groups -OCH3 is 1. The van der Waals surface area contributed by atoms with Gasteiger partial charge in [-0.05, 0) is 67.3 Å². The number of anilines is 2. The number of nitrogens with one attached hydrogen (secondary N) is 1. The van der Waals surface area contributed by atoms with Gasteiger partial charge in [0, 0.05) is 23.0 Å². The number of carbonyl (C=O) groups excluding carboxylic acids is 1. The van der Waals surface area contributed by atoms with Gasteiger partial charge in [0.15, 0.2) is 0 Å². The number of fused-ring (bicyclic) bond motifs is 1. The van der Waals surface area contributed by atoms with E-state index in [9.17, 15) is 13.2 Å². The molecule has 4 rings (SSSR count). The van der Waals surface area contributed by atoms with Crippen LogP contribution in [0.2, 0.25) is 0 Å². The van der Waals surface area contributed by atoms with Crippen molar-refractivity contribution in [2.45, 2.75) is 25.2 Å². The zero-order valence-electron chi connectivity index (χ0n) is 19.2. The van der Waals surface area contributed by atoms with Crippen LogP contribution in [0.15, 0.2) is 77.7 Å². The summed E-state index contributed by atoms with van der Waals surface area (Å²) in [5, 5.41) is 3.71. The van der Waals surface area contributed by atoms with Gasteiger partial charge < -0.3 is 10.1 Å². The molecule has 0 fully saturated rings. The molecule has 176 valence electrons. The molecule has 0 saturated carbocycles. The van der Waals surface area contributed by atoms with Crippen LogP contribution in [0.25, 0.3) is 10.1 Å². The first kappa shape index (κ1) is 23.8. The monoisotopic (exact) mass is 494 g/mol. The number of nitrogens with zero attached hydrogens (tertiary/aromatic N) is 1. The molecular weight excluding hydrogens is 468 g/mol. The van der Waals surface area contributed by atoms with Gasteiger partial charge in [-0.1, -0.05) is 30.7 Å². The fraction of sp³-hybridized carbons (Fsp3) is 0.192. The third-order valence-corrected chi connectivity index (χ3v) is 8.33. The van der Waals surface area contributed by atoms with Crippen LogP contribution in [0.1, 0.15) is 28.6 Å². The summed E-state index contributed by atoms with van der Waals surface area (Å²) in [6.07, 6.45) is 0.668. The van der Waals surface area contributed by atoms with E-state index >= 15 is 0 Å². The van der Waals surface area contributed by atoms with E-state index in [1.54, 1.807) is 55.6 Å². The number of rotatable bonds is 8. The fourth-order valence-electron chi connectivity index (χ4n) is 3.62. The average molecular weight is 495 g/mol. The van der Waals surface area contributed by atoms with E-state index in [0.717, 1.165) is 15.6 Å². The van der Waals surface area contributed by atoms with Crippen molar-refractivity contribution in [3.8, 4) is 5.75 Å². The van der Waals surface area contributed by atoms with Crippen molar-refractivity contribution in [2.75, 3.05) is 23.3 Å². The molecule has 0 aliphatic heterocycles. The molecule has 1 heterocycles. The van der Waals surface area contributed by atoms with Crippen LogP contribution in [-0.4, -0.2) is 28.0 Å². The lowest BCUT2D eigenvalue weighted by Crippen LogP contribution is -2.31. The summed E-state index contributed by atoms with van der Waals surface area (Å²) in [5.74, 6) is 0.429. The zero-order valence-corrected chi connectivity index (χ0v) is 20.9. The molecule has 3 aromatic carbocycles. The van der Waals surface area contributed by atoms with Crippen LogP contribution in [0.4, 0.5) is 11.4 Å². The Balaban J connectivity index is 1.64. The molecule has 0 aliphatic rings. The molecule has 0 bridgehead atoms. The lowest BCUT2D eigenvalue weighted by atomic mass is 10.2. The number of carbonyl (C=O) groups is 1. The Morgan fingerprint density at radius 3 is 2.50 bits per heavy atom. The van der Waals surface area contributed by atoms with Gasteiger partial charge in [-0.25, -0.2) is 8.42 Å². The Bertz CT molecular complexity index is 1430. The molecule has 0 saturated heterocycles. The maximum Gasteiger partial charge on any atom is 0.265 e. The normalized spacial score (nSPS) is 11.4. The minimum Gasteiger partial charge on any atom is -0.497 e. The maximum absolute atomic E-state index is 13.4. The highest BCUT2D eigenvalue weighted by Crippen LogP contribution is 2.32. The Morgan fingerprint density at radius 1 is 1.03 bits per heavy atom. The molecule has 0 spiro atoms. The maximum atomic E-state index is 13.4. The molecule has 0 atom stereocenters. The van der Waals surface area contributed by atoms with E-state index in [4.69, 9.17) is 4.74 Å². The van der Waals surface area contributed by atoms with Crippen molar-refractivity contribution in [2.24, 2.45) is 0 Å². The molecule has 0 radical (unpaired) electrons. The number of aryl methyl sites for hydroxylation is 1. The molecule has 6 nitrogen and oxygen atoms in total. The van der Waals surface area contributed by atoms with Gasteiger partial charge in [-0.3, -0.25) is 9.10 Å². The summed E-state index contributed by atoms with van der Waals surface area (Å²) in [7, 11) is -2.14. The van der Waals surface area contributed by atoms with E-state index in [2.05, 4.69) is 5.32 Å². The highest BCUT2D eigenvalue weighted by molar-refractivity contribution is 7.92. The van der Waals surface area contributed by atoms with E-state index in [1.165, 1.54) is 15.6 Å². The number of amides is 1. The number of ether oxygens (including phenoxy) is 1. The molecule has 0 unspecified atom stereocenters. The van der Waals surface area contributed by atoms with Gasteiger partial charge in [0.1, 0.15) is 5.75 Å². The topological polar surface area (TPSA) is 75.7 Å². The molecule has 1 aromatic heterocycles. The van der Waals surface area contributed by atoms with Crippen LogP contribution in [0.3, 0.4) is 0 Å². The van der Waals surface area contributed by atoms with Crippen LogP contribution >= 0.6 is 11.3 Å². The molecule has 1 N–H and O–H groups in total.